The molecule has 0 saturated heterocycles. The Morgan fingerprint density at radius 2 is 1.80 bits per heavy atom. The van der Waals surface area contributed by atoms with Gasteiger partial charge in [0.25, 0.3) is 0 Å². The van der Waals surface area contributed by atoms with Gasteiger partial charge in [0.2, 0.25) is 0 Å². The van der Waals surface area contributed by atoms with Gasteiger partial charge in [0, 0.05) is 29.4 Å². The third-order valence-corrected chi connectivity index (χ3v) is 5.27. The summed E-state index contributed by atoms with van der Waals surface area (Å²) in [5, 5.41) is 6.37. The third kappa shape index (κ3) is 4.31. The molecule has 4 rings (SSSR count). The predicted octanol–water partition coefficient (Wildman–Crippen LogP) is 5.80. The molecule has 0 fully saturated rings. The first-order valence-electron chi connectivity index (χ1n) is 9.84. The molecule has 152 valence electrons. The number of imidazole rings is 1. The van der Waals surface area contributed by atoms with Crippen LogP contribution in [0.15, 0.2) is 66.7 Å². The highest BCUT2D eigenvalue weighted by atomic mass is 35.5. The van der Waals surface area contributed by atoms with Crippen molar-refractivity contribution in [1.82, 2.24) is 14.9 Å². The number of nitrogens with zero attached hydrogens (tertiary/aromatic N) is 2. The summed E-state index contributed by atoms with van der Waals surface area (Å²) in [5.41, 5.74) is 5.89. The zero-order valence-electron chi connectivity index (χ0n) is 16.9. The molecule has 0 radical (unpaired) electrons. The van der Waals surface area contributed by atoms with E-state index in [-0.39, 0.29) is 6.03 Å². The standard InChI is InChI=1S/C24H23ClN4O/c1-16-7-10-18(11-8-16)23-27-20-5-3-4-6-22(20)29(23)14-13-26-24(30)28-21-15-19(25)12-9-17(21)2/h3-12,15H,13-14H2,1-2H3,(H2,26,28,30). The first-order chi connectivity index (χ1) is 14.5. The lowest BCUT2D eigenvalue weighted by Crippen LogP contribution is -2.31. The largest absolute Gasteiger partial charge is 0.336 e. The highest BCUT2D eigenvalue weighted by Crippen LogP contribution is 2.25. The first-order valence-corrected chi connectivity index (χ1v) is 10.2. The molecule has 0 aliphatic heterocycles. The minimum atomic E-state index is -0.262. The van der Waals surface area contributed by atoms with Gasteiger partial charge >= 0.3 is 6.03 Å². The van der Waals surface area contributed by atoms with Gasteiger partial charge in [-0.05, 0) is 43.7 Å². The number of amides is 2. The van der Waals surface area contributed by atoms with Gasteiger partial charge in [0.05, 0.1) is 11.0 Å². The van der Waals surface area contributed by atoms with E-state index in [0.717, 1.165) is 28.0 Å². The summed E-state index contributed by atoms with van der Waals surface area (Å²) in [6, 6.07) is 21.5. The molecule has 3 aromatic carbocycles. The molecule has 30 heavy (non-hydrogen) atoms. The molecular weight excluding hydrogens is 396 g/mol. The maximum Gasteiger partial charge on any atom is 0.319 e. The summed E-state index contributed by atoms with van der Waals surface area (Å²) in [5.74, 6) is 0.893. The van der Waals surface area contributed by atoms with Crippen LogP contribution < -0.4 is 10.6 Å². The van der Waals surface area contributed by atoms with Gasteiger partial charge in [0.15, 0.2) is 0 Å². The molecule has 2 amide bonds. The normalized spacial score (nSPS) is 10.9. The van der Waals surface area contributed by atoms with Crippen LogP contribution in [0.1, 0.15) is 11.1 Å². The van der Waals surface area contributed by atoms with E-state index in [1.54, 1.807) is 12.1 Å². The van der Waals surface area contributed by atoms with Crippen molar-refractivity contribution in [2.24, 2.45) is 0 Å². The number of anilines is 1. The second-order valence-corrected chi connectivity index (χ2v) is 7.72. The van der Waals surface area contributed by atoms with E-state index >= 15 is 0 Å². The van der Waals surface area contributed by atoms with E-state index in [4.69, 9.17) is 16.6 Å². The number of halogens is 1. The average Bonchev–Trinajstić information content (AvgIpc) is 3.10. The number of para-hydroxylation sites is 2. The Labute approximate surface area is 180 Å². The van der Waals surface area contributed by atoms with Crippen molar-refractivity contribution in [3.8, 4) is 11.4 Å². The van der Waals surface area contributed by atoms with Crippen LogP contribution >= 0.6 is 11.6 Å². The fourth-order valence-electron chi connectivity index (χ4n) is 3.40. The number of benzene rings is 3. The highest BCUT2D eigenvalue weighted by Gasteiger charge is 2.13. The topological polar surface area (TPSA) is 59.0 Å². The second kappa shape index (κ2) is 8.59. The van der Waals surface area contributed by atoms with Gasteiger partial charge < -0.3 is 15.2 Å². The molecule has 0 unspecified atom stereocenters. The molecule has 0 spiro atoms. The lowest BCUT2D eigenvalue weighted by atomic mass is 10.1. The van der Waals surface area contributed by atoms with E-state index in [1.807, 2.05) is 31.2 Å². The second-order valence-electron chi connectivity index (χ2n) is 7.28. The van der Waals surface area contributed by atoms with Gasteiger partial charge in [0.1, 0.15) is 5.82 Å². The number of hydrogen-bond donors (Lipinski definition) is 2. The van der Waals surface area contributed by atoms with Crippen LogP contribution in [0.3, 0.4) is 0 Å². The number of hydrogen-bond acceptors (Lipinski definition) is 2. The monoisotopic (exact) mass is 418 g/mol. The van der Waals surface area contributed by atoms with Crippen molar-refractivity contribution in [2.75, 3.05) is 11.9 Å². The third-order valence-electron chi connectivity index (χ3n) is 5.03. The van der Waals surface area contributed by atoms with E-state index in [2.05, 4.69) is 52.5 Å². The van der Waals surface area contributed by atoms with E-state index < -0.39 is 0 Å². The van der Waals surface area contributed by atoms with Crippen LogP contribution in [0, 0.1) is 13.8 Å². The molecule has 2 N–H and O–H groups in total. The molecule has 6 heteroatoms. The van der Waals surface area contributed by atoms with E-state index in [1.165, 1.54) is 5.56 Å². The maximum absolute atomic E-state index is 12.4. The minimum absolute atomic E-state index is 0.262. The molecule has 4 aromatic rings. The summed E-state index contributed by atoms with van der Waals surface area (Å²) in [6.45, 7) is 5.06. The van der Waals surface area contributed by atoms with Gasteiger partial charge in [-0.3, -0.25) is 0 Å². The van der Waals surface area contributed by atoms with Crippen LogP contribution in [0.4, 0.5) is 10.5 Å². The van der Waals surface area contributed by atoms with Crippen LogP contribution in [-0.2, 0) is 6.54 Å². The Balaban J connectivity index is 1.51. The Bertz CT molecular complexity index is 1200. The minimum Gasteiger partial charge on any atom is -0.336 e. The lowest BCUT2D eigenvalue weighted by molar-refractivity contribution is 0.251. The summed E-state index contributed by atoms with van der Waals surface area (Å²) < 4.78 is 2.14. The smallest absolute Gasteiger partial charge is 0.319 e. The number of urea groups is 1. The maximum atomic E-state index is 12.4. The number of carbonyl (C=O) groups is 1. The van der Waals surface area contributed by atoms with Crippen LogP contribution in [0.25, 0.3) is 22.4 Å². The zero-order valence-corrected chi connectivity index (χ0v) is 17.7. The molecule has 0 atom stereocenters. The van der Waals surface area contributed by atoms with Crippen molar-refractivity contribution in [3.63, 3.8) is 0 Å². The summed E-state index contributed by atoms with van der Waals surface area (Å²) >= 11 is 6.03. The molecular formula is C24H23ClN4O. The Hall–Kier alpha value is -3.31. The van der Waals surface area contributed by atoms with Crippen LogP contribution in [0.5, 0.6) is 0 Å². The van der Waals surface area contributed by atoms with Crippen molar-refractivity contribution in [2.45, 2.75) is 20.4 Å². The average molecular weight is 419 g/mol. The number of nitrogens with one attached hydrogen (secondary N) is 2. The molecule has 0 aliphatic carbocycles. The molecule has 0 bridgehead atoms. The van der Waals surface area contributed by atoms with Crippen LogP contribution in [0.2, 0.25) is 5.02 Å². The van der Waals surface area contributed by atoms with Gasteiger partial charge in [-0.1, -0.05) is 59.6 Å². The molecule has 0 saturated carbocycles. The molecule has 1 aromatic heterocycles. The molecule has 0 aliphatic rings. The number of aromatic nitrogens is 2. The number of fused-ring (bicyclic) bond motifs is 1. The predicted molar refractivity (Wildman–Crippen MR) is 123 cm³/mol. The molecule has 5 nitrogen and oxygen atoms in total. The number of aryl methyl sites for hydroxylation is 2. The quantitative estimate of drug-likeness (QED) is 0.430. The van der Waals surface area contributed by atoms with Crippen molar-refractivity contribution in [3.05, 3.63) is 82.9 Å². The van der Waals surface area contributed by atoms with Crippen LogP contribution in [-0.4, -0.2) is 22.1 Å². The van der Waals surface area contributed by atoms with Gasteiger partial charge in [-0.15, -0.1) is 0 Å². The van der Waals surface area contributed by atoms with E-state index in [0.29, 0.717) is 23.8 Å². The van der Waals surface area contributed by atoms with Gasteiger partial charge in [-0.2, -0.15) is 0 Å². The molecule has 1 heterocycles. The Morgan fingerprint density at radius 1 is 1.03 bits per heavy atom. The van der Waals surface area contributed by atoms with Crippen molar-refractivity contribution in [1.29, 1.82) is 0 Å². The Morgan fingerprint density at radius 3 is 2.60 bits per heavy atom. The summed E-state index contributed by atoms with van der Waals surface area (Å²) in [6.07, 6.45) is 0. The SMILES string of the molecule is Cc1ccc(-c2nc3ccccc3n2CCNC(=O)Nc2cc(Cl)ccc2C)cc1. The Kier molecular flexibility index (Phi) is 5.72. The zero-order chi connectivity index (χ0) is 21.1. The fraction of sp³-hybridized carbons (Fsp3) is 0.167. The number of carbonyl (C=O) groups excluding carboxylic acids is 1. The fourth-order valence-corrected chi connectivity index (χ4v) is 3.57. The lowest BCUT2D eigenvalue weighted by Gasteiger charge is -2.12. The van der Waals surface area contributed by atoms with E-state index in [9.17, 15) is 4.79 Å². The van der Waals surface area contributed by atoms with Crippen molar-refractivity contribution < 1.29 is 4.79 Å². The summed E-state index contributed by atoms with van der Waals surface area (Å²) in [4.78, 5) is 17.2. The number of rotatable bonds is 5. The van der Waals surface area contributed by atoms with Crippen molar-refractivity contribution >= 4 is 34.4 Å². The van der Waals surface area contributed by atoms with Gasteiger partial charge in [-0.25, -0.2) is 9.78 Å². The summed E-state index contributed by atoms with van der Waals surface area (Å²) in [7, 11) is 0. The first kappa shape index (κ1) is 20.0. The highest BCUT2D eigenvalue weighted by molar-refractivity contribution is 6.31.